The van der Waals surface area contributed by atoms with Gasteiger partial charge in [0.15, 0.2) is 0 Å². The van der Waals surface area contributed by atoms with Crippen molar-refractivity contribution in [2.75, 3.05) is 6.61 Å². The fraction of sp³-hybridized carbons (Fsp3) is 0.667. The van der Waals surface area contributed by atoms with Crippen molar-refractivity contribution in [3.8, 4) is 0 Å². The van der Waals surface area contributed by atoms with Crippen LogP contribution in [0.3, 0.4) is 0 Å². The Morgan fingerprint density at radius 1 is 0.964 bits per heavy atom. The highest BCUT2D eigenvalue weighted by Gasteiger charge is 2.48. The lowest BCUT2D eigenvalue weighted by Gasteiger charge is -2.54. The van der Waals surface area contributed by atoms with Crippen LogP contribution in [0.1, 0.15) is 43.2 Å². The van der Waals surface area contributed by atoms with Gasteiger partial charge in [0, 0.05) is 12.6 Å². The van der Waals surface area contributed by atoms with Crippen LogP contribution in [0.2, 0.25) is 0 Å². The second-order valence-electron chi connectivity index (χ2n) is 8.71. The molecule has 4 fully saturated rings. The summed E-state index contributed by atoms with van der Waals surface area (Å²) < 4.78 is 40.9. The Balaban J connectivity index is 1.21. The van der Waals surface area contributed by atoms with Crippen LogP contribution in [-0.2, 0) is 17.9 Å². The number of hydrogen-bond donors (Lipinski definition) is 2. The summed E-state index contributed by atoms with van der Waals surface area (Å²) in [7, 11) is 0. The van der Waals surface area contributed by atoms with Crippen LogP contribution in [0, 0.1) is 23.7 Å². The van der Waals surface area contributed by atoms with Crippen molar-refractivity contribution in [2.45, 2.75) is 57.5 Å². The van der Waals surface area contributed by atoms with E-state index >= 15 is 0 Å². The van der Waals surface area contributed by atoms with E-state index < -0.39 is 12.8 Å². The molecule has 1 aromatic carbocycles. The lowest BCUT2D eigenvalue weighted by Crippen LogP contribution is -2.57. The standard InChI is InChI=1S/C21H27F3N2O2/c22-21(23,24)12-28-11-14-3-1-13(2-4-14)10-25-20(27)26-19-17-6-15-5-16(8-17)9-18(19)7-15/h1-4,15-19H,5-12H2,(H2,25,26,27). The quantitative estimate of drug-likeness (QED) is 0.749. The molecule has 0 heterocycles. The van der Waals surface area contributed by atoms with Crippen molar-refractivity contribution in [2.24, 2.45) is 23.7 Å². The lowest BCUT2D eigenvalue weighted by atomic mass is 9.54. The number of carbonyl (C=O) groups excluding carboxylic acids is 1. The first-order valence-corrected chi connectivity index (χ1v) is 10.1. The lowest BCUT2D eigenvalue weighted by molar-refractivity contribution is -0.176. The van der Waals surface area contributed by atoms with Gasteiger partial charge in [0.25, 0.3) is 0 Å². The Kier molecular flexibility index (Phi) is 5.54. The first-order chi connectivity index (χ1) is 13.4. The van der Waals surface area contributed by atoms with E-state index in [-0.39, 0.29) is 12.6 Å². The maximum atomic E-state index is 12.4. The molecule has 0 saturated heterocycles. The number of rotatable bonds is 6. The zero-order chi connectivity index (χ0) is 19.7. The van der Waals surface area contributed by atoms with Crippen molar-refractivity contribution >= 4 is 6.03 Å². The van der Waals surface area contributed by atoms with Gasteiger partial charge < -0.3 is 15.4 Å². The number of benzene rings is 1. The summed E-state index contributed by atoms with van der Waals surface area (Å²) in [5.74, 6) is 3.03. The second-order valence-corrected chi connectivity index (χ2v) is 8.71. The Bertz CT molecular complexity index is 662. The van der Waals surface area contributed by atoms with Crippen molar-refractivity contribution in [1.29, 1.82) is 0 Å². The molecule has 4 saturated carbocycles. The van der Waals surface area contributed by atoms with Crippen LogP contribution in [0.15, 0.2) is 24.3 Å². The van der Waals surface area contributed by atoms with Crippen LogP contribution in [0.5, 0.6) is 0 Å². The zero-order valence-electron chi connectivity index (χ0n) is 15.8. The molecule has 2 amide bonds. The van der Waals surface area contributed by atoms with Crippen LogP contribution < -0.4 is 10.6 Å². The second kappa shape index (κ2) is 7.93. The van der Waals surface area contributed by atoms with E-state index in [1.165, 1.54) is 32.1 Å². The number of amides is 2. The normalized spacial score (nSPS) is 31.0. The molecule has 0 atom stereocenters. The van der Waals surface area contributed by atoms with Gasteiger partial charge >= 0.3 is 12.2 Å². The molecule has 5 rings (SSSR count). The van der Waals surface area contributed by atoms with Crippen molar-refractivity contribution in [3.05, 3.63) is 35.4 Å². The number of alkyl halides is 3. The van der Waals surface area contributed by atoms with Gasteiger partial charge in [-0.15, -0.1) is 0 Å². The maximum Gasteiger partial charge on any atom is 0.411 e. The van der Waals surface area contributed by atoms with Gasteiger partial charge in [-0.25, -0.2) is 4.79 Å². The molecule has 4 aliphatic rings. The van der Waals surface area contributed by atoms with Gasteiger partial charge in [-0.1, -0.05) is 24.3 Å². The van der Waals surface area contributed by atoms with Crippen molar-refractivity contribution < 1.29 is 22.7 Å². The number of urea groups is 1. The van der Waals surface area contributed by atoms with E-state index in [2.05, 4.69) is 15.4 Å². The van der Waals surface area contributed by atoms with Gasteiger partial charge in [0.2, 0.25) is 0 Å². The van der Waals surface area contributed by atoms with Gasteiger partial charge in [-0.3, -0.25) is 0 Å². The third kappa shape index (κ3) is 4.80. The summed E-state index contributed by atoms with van der Waals surface area (Å²) in [5, 5.41) is 6.12. The minimum atomic E-state index is -4.31. The summed E-state index contributed by atoms with van der Waals surface area (Å²) in [6.45, 7) is -0.940. The molecule has 7 heteroatoms. The predicted octanol–water partition coefficient (Wildman–Crippen LogP) is 4.39. The minimum absolute atomic E-state index is 0.0832. The molecule has 28 heavy (non-hydrogen) atoms. The van der Waals surface area contributed by atoms with Gasteiger partial charge in [0.05, 0.1) is 6.61 Å². The Hall–Kier alpha value is -1.76. The molecule has 4 nitrogen and oxygen atoms in total. The fourth-order valence-electron chi connectivity index (χ4n) is 5.58. The summed E-state index contributed by atoms with van der Waals surface area (Å²) >= 11 is 0. The molecular formula is C21H27F3N2O2. The average molecular weight is 396 g/mol. The molecule has 0 unspecified atom stereocenters. The highest BCUT2D eigenvalue weighted by Crippen LogP contribution is 2.53. The molecule has 1 aromatic rings. The van der Waals surface area contributed by atoms with E-state index in [9.17, 15) is 18.0 Å². The van der Waals surface area contributed by atoms with Crippen LogP contribution in [0.25, 0.3) is 0 Å². The first kappa shape index (κ1) is 19.6. The smallest absolute Gasteiger partial charge is 0.367 e. The molecule has 4 aliphatic carbocycles. The summed E-state index contributed by atoms with van der Waals surface area (Å²) in [4.78, 5) is 12.4. The topological polar surface area (TPSA) is 50.4 Å². The van der Waals surface area contributed by atoms with Crippen LogP contribution >= 0.6 is 0 Å². The van der Waals surface area contributed by atoms with Crippen LogP contribution in [0.4, 0.5) is 18.0 Å². The Labute approximate surface area is 163 Å². The number of nitrogens with one attached hydrogen (secondary N) is 2. The van der Waals surface area contributed by atoms with Gasteiger partial charge in [0.1, 0.15) is 6.61 Å². The van der Waals surface area contributed by atoms with E-state index in [1.54, 1.807) is 24.3 Å². The van der Waals surface area contributed by atoms with Gasteiger partial charge in [-0.2, -0.15) is 13.2 Å². The summed E-state index contributed by atoms with van der Waals surface area (Å²) in [5.41, 5.74) is 1.57. The molecule has 0 aromatic heterocycles. The molecule has 4 bridgehead atoms. The molecule has 2 N–H and O–H groups in total. The number of halogens is 3. The Morgan fingerprint density at radius 3 is 2.11 bits per heavy atom. The third-order valence-electron chi connectivity index (χ3n) is 6.53. The van der Waals surface area contributed by atoms with E-state index in [0.717, 1.165) is 17.4 Å². The highest BCUT2D eigenvalue weighted by molar-refractivity contribution is 5.74. The predicted molar refractivity (Wildman–Crippen MR) is 98.4 cm³/mol. The number of carbonyl (C=O) groups is 1. The summed E-state index contributed by atoms with van der Waals surface area (Å²) in [6.07, 6.45) is 2.12. The highest BCUT2D eigenvalue weighted by atomic mass is 19.4. The monoisotopic (exact) mass is 396 g/mol. The SMILES string of the molecule is O=C(NCc1ccc(COCC(F)(F)F)cc1)NC1C2CC3CC(C2)CC1C3. The molecule has 0 radical (unpaired) electrons. The van der Waals surface area contributed by atoms with Gasteiger partial charge in [-0.05, 0) is 66.9 Å². The van der Waals surface area contributed by atoms with E-state index in [0.29, 0.717) is 30.0 Å². The Morgan fingerprint density at radius 2 is 1.54 bits per heavy atom. The molecule has 0 spiro atoms. The first-order valence-electron chi connectivity index (χ1n) is 10.1. The van der Waals surface area contributed by atoms with Crippen molar-refractivity contribution in [1.82, 2.24) is 10.6 Å². The number of ether oxygens (including phenoxy) is 1. The van der Waals surface area contributed by atoms with E-state index in [4.69, 9.17) is 0 Å². The average Bonchev–Trinajstić information content (AvgIpc) is 2.62. The zero-order valence-corrected chi connectivity index (χ0v) is 15.8. The summed E-state index contributed by atoms with van der Waals surface area (Å²) in [6, 6.07) is 7.23. The molecule has 154 valence electrons. The molecule has 0 aliphatic heterocycles. The van der Waals surface area contributed by atoms with Crippen molar-refractivity contribution in [3.63, 3.8) is 0 Å². The largest absolute Gasteiger partial charge is 0.411 e. The molecular weight excluding hydrogens is 369 g/mol. The minimum Gasteiger partial charge on any atom is -0.367 e. The van der Waals surface area contributed by atoms with Crippen LogP contribution in [-0.4, -0.2) is 24.9 Å². The number of hydrogen-bond acceptors (Lipinski definition) is 2. The maximum absolute atomic E-state index is 12.4. The van der Waals surface area contributed by atoms with E-state index in [1.807, 2.05) is 0 Å². The third-order valence-corrected chi connectivity index (χ3v) is 6.53. The fourth-order valence-corrected chi connectivity index (χ4v) is 5.58.